The van der Waals surface area contributed by atoms with Crippen LogP contribution in [0, 0.1) is 6.92 Å². The van der Waals surface area contributed by atoms with Crippen LogP contribution in [-0.4, -0.2) is 5.11 Å². The van der Waals surface area contributed by atoms with Crippen LogP contribution in [0.15, 0.2) is 69.9 Å². The first-order valence-electron chi connectivity index (χ1n) is 7.57. The van der Waals surface area contributed by atoms with Gasteiger partial charge in [-0.25, -0.2) is 4.79 Å². The second-order valence-electron chi connectivity index (χ2n) is 5.59. The molecule has 0 fully saturated rings. The van der Waals surface area contributed by atoms with E-state index in [1.54, 1.807) is 6.92 Å². The Bertz CT molecular complexity index is 849. The van der Waals surface area contributed by atoms with Crippen molar-refractivity contribution in [2.24, 2.45) is 0 Å². The molecule has 23 heavy (non-hydrogen) atoms. The zero-order valence-electron chi connectivity index (χ0n) is 13.0. The maximum Gasteiger partial charge on any atom is 0.343 e. The molecule has 3 rings (SSSR count). The minimum absolute atomic E-state index is 0.0380. The highest BCUT2D eigenvalue weighted by Gasteiger charge is 2.17. The van der Waals surface area contributed by atoms with Crippen LogP contribution in [0.2, 0.25) is 0 Å². The fourth-order valence-corrected chi connectivity index (χ4v) is 2.61. The molecule has 0 spiro atoms. The zero-order valence-corrected chi connectivity index (χ0v) is 13.0. The van der Waals surface area contributed by atoms with Crippen molar-refractivity contribution < 1.29 is 9.52 Å². The van der Waals surface area contributed by atoms with Crippen LogP contribution in [0.3, 0.4) is 0 Å². The molecule has 1 N–H and O–H groups in total. The highest BCUT2D eigenvalue weighted by molar-refractivity contribution is 5.42. The van der Waals surface area contributed by atoms with Crippen LogP contribution in [0.5, 0.6) is 5.75 Å². The molecule has 0 atom stereocenters. The molecule has 0 radical (unpaired) electrons. The van der Waals surface area contributed by atoms with E-state index >= 15 is 0 Å². The SMILES string of the molecule is Cc1c(Cc2ccccc2)oc(=O)c(Cc2ccccc2)c1O. The van der Waals surface area contributed by atoms with E-state index in [0.29, 0.717) is 29.7 Å². The van der Waals surface area contributed by atoms with E-state index in [0.717, 1.165) is 11.1 Å². The van der Waals surface area contributed by atoms with Crippen LogP contribution in [0.1, 0.15) is 28.0 Å². The summed E-state index contributed by atoms with van der Waals surface area (Å²) in [6.07, 6.45) is 0.850. The van der Waals surface area contributed by atoms with Gasteiger partial charge < -0.3 is 9.52 Å². The number of aromatic hydroxyl groups is 1. The van der Waals surface area contributed by atoms with E-state index in [4.69, 9.17) is 4.42 Å². The Kier molecular flexibility index (Phi) is 4.29. The van der Waals surface area contributed by atoms with E-state index in [2.05, 4.69) is 0 Å². The maximum absolute atomic E-state index is 12.3. The van der Waals surface area contributed by atoms with Crippen LogP contribution in [0.25, 0.3) is 0 Å². The summed E-state index contributed by atoms with van der Waals surface area (Å²) in [7, 11) is 0. The predicted octanol–water partition coefficient (Wildman–Crippen LogP) is 3.84. The van der Waals surface area contributed by atoms with Gasteiger partial charge in [-0.2, -0.15) is 0 Å². The molecule has 0 aliphatic heterocycles. The average molecular weight is 306 g/mol. The van der Waals surface area contributed by atoms with Gasteiger partial charge in [-0.15, -0.1) is 0 Å². The summed E-state index contributed by atoms with van der Waals surface area (Å²) in [5.41, 5.74) is 2.46. The van der Waals surface area contributed by atoms with Crippen molar-refractivity contribution in [2.75, 3.05) is 0 Å². The van der Waals surface area contributed by atoms with E-state index in [9.17, 15) is 9.90 Å². The van der Waals surface area contributed by atoms with Crippen molar-refractivity contribution in [3.8, 4) is 5.75 Å². The van der Waals surface area contributed by atoms with Crippen LogP contribution < -0.4 is 5.63 Å². The first kappa shape index (κ1) is 15.1. The molecule has 0 amide bonds. The van der Waals surface area contributed by atoms with Gasteiger partial charge in [0.2, 0.25) is 0 Å². The largest absolute Gasteiger partial charge is 0.507 e. The molecular formula is C20H18O3. The first-order valence-corrected chi connectivity index (χ1v) is 7.57. The summed E-state index contributed by atoms with van der Waals surface area (Å²) in [6, 6.07) is 19.3. The normalized spacial score (nSPS) is 10.7. The van der Waals surface area contributed by atoms with Crippen molar-refractivity contribution in [1.82, 2.24) is 0 Å². The Balaban J connectivity index is 1.95. The molecule has 0 saturated carbocycles. The lowest BCUT2D eigenvalue weighted by Gasteiger charge is -2.10. The van der Waals surface area contributed by atoms with E-state index in [1.807, 2.05) is 60.7 Å². The van der Waals surface area contributed by atoms with Crippen LogP contribution >= 0.6 is 0 Å². The fraction of sp³-hybridized carbons (Fsp3) is 0.150. The summed E-state index contributed by atoms with van der Waals surface area (Å²) in [5, 5.41) is 10.4. The van der Waals surface area contributed by atoms with Gasteiger partial charge in [0, 0.05) is 18.4 Å². The van der Waals surface area contributed by atoms with Gasteiger partial charge in [-0.3, -0.25) is 0 Å². The third-order valence-corrected chi connectivity index (χ3v) is 3.95. The highest BCUT2D eigenvalue weighted by atomic mass is 16.4. The van der Waals surface area contributed by atoms with E-state index in [-0.39, 0.29) is 5.75 Å². The molecule has 3 heteroatoms. The summed E-state index contributed by atoms with van der Waals surface area (Å²) in [4.78, 5) is 12.3. The Morgan fingerprint density at radius 1 is 0.870 bits per heavy atom. The lowest BCUT2D eigenvalue weighted by Crippen LogP contribution is -2.12. The smallest absolute Gasteiger partial charge is 0.343 e. The van der Waals surface area contributed by atoms with E-state index < -0.39 is 5.63 Å². The molecule has 3 nitrogen and oxygen atoms in total. The summed E-state index contributed by atoms with van der Waals surface area (Å²) < 4.78 is 5.48. The minimum Gasteiger partial charge on any atom is -0.507 e. The van der Waals surface area contributed by atoms with Crippen LogP contribution in [-0.2, 0) is 12.8 Å². The first-order chi connectivity index (χ1) is 11.1. The third-order valence-electron chi connectivity index (χ3n) is 3.95. The number of hydrogen-bond donors (Lipinski definition) is 1. The lowest BCUT2D eigenvalue weighted by molar-refractivity contribution is 0.412. The Labute approximate surface area is 134 Å². The molecule has 116 valence electrons. The van der Waals surface area contributed by atoms with Gasteiger partial charge in [0.1, 0.15) is 11.5 Å². The fourth-order valence-electron chi connectivity index (χ4n) is 2.61. The topological polar surface area (TPSA) is 50.4 Å². The maximum atomic E-state index is 12.3. The summed E-state index contributed by atoms with van der Waals surface area (Å²) >= 11 is 0. The monoisotopic (exact) mass is 306 g/mol. The van der Waals surface area contributed by atoms with Gasteiger partial charge in [0.15, 0.2) is 0 Å². The predicted molar refractivity (Wildman–Crippen MR) is 89.9 cm³/mol. The van der Waals surface area contributed by atoms with E-state index in [1.165, 1.54) is 0 Å². The number of hydrogen-bond acceptors (Lipinski definition) is 3. The molecule has 1 aromatic heterocycles. The van der Waals surface area contributed by atoms with Crippen molar-refractivity contribution in [2.45, 2.75) is 19.8 Å². The van der Waals surface area contributed by atoms with Gasteiger partial charge >= 0.3 is 5.63 Å². The van der Waals surface area contributed by atoms with Crippen molar-refractivity contribution >= 4 is 0 Å². The molecule has 0 bridgehead atoms. The number of benzene rings is 2. The average Bonchev–Trinajstić information content (AvgIpc) is 2.58. The number of rotatable bonds is 4. The molecule has 0 saturated heterocycles. The highest BCUT2D eigenvalue weighted by Crippen LogP contribution is 2.26. The summed E-state index contributed by atoms with van der Waals surface area (Å²) in [6.45, 7) is 1.78. The quantitative estimate of drug-likeness (QED) is 0.797. The second-order valence-corrected chi connectivity index (χ2v) is 5.59. The molecule has 0 unspecified atom stereocenters. The summed E-state index contributed by atoms with van der Waals surface area (Å²) in [5.74, 6) is 0.548. The molecule has 1 heterocycles. The van der Waals surface area contributed by atoms with Crippen molar-refractivity contribution in [3.63, 3.8) is 0 Å². The second kappa shape index (κ2) is 6.53. The standard InChI is InChI=1S/C20H18O3/c1-14-18(13-16-10-6-3-7-11-16)23-20(22)17(19(14)21)12-15-8-4-2-5-9-15/h2-11,21H,12-13H2,1H3. The van der Waals surface area contributed by atoms with Crippen LogP contribution in [0.4, 0.5) is 0 Å². The Hall–Kier alpha value is -2.81. The van der Waals surface area contributed by atoms with Gasteiger partial charge in [0.05, 0.1) is 5.56 Å². The van der Waals surface area contributed by atoms with Crippen molar-refractivity contribution in [1.29, 1.82) is 0 Å². The van der Waals surface area contributed by atoms with Gasteiger partial charge in [-0.1, -0.05) is 60.7 Å². The molecule has 0 aliphatic carbocycles. The minimum atomic E-state index is -0.470. The molecule has 3 aromatic rings. The molecule has 2 aromatic carbocycles. The van der Waals surface area contributed by atoms with Crippen molar-refractivity contribution in [3.05, 3.63) is 99.1 Å². The molecular weight excluding hydrogens is 288 g/mol. The Morgan fingerprint density at radius 3 is 1.96 bits per heavy atom. The lowest BCUT2D eigenvalue weighted by atomic mass is 10.0. The van der Waals surface area contributed by atoms with Gasteiger partial charge in [-0.05, 0) is 18.1 Å². The third kappa shape index (κ3) is 3.34. The van der Waals surface area contributed by atoms with Gasteiger partial charge in [0.25, 0.3) is 0 Å². The Morgan fingerprint density at radius 2 is 1.39 bits per heavy atom. The zero-order chi connectivity index (χ0) is 16.2. The molecule has 0 aliphatic rings.